The van der Waals surface area contributed by atoms with Gasteiger partial charge in [-0.25, -0.2) is 0 Å². The Hall–Kier alpha value is -0.320. The summed E-state index contributed by atoms with van der Waals surface area (Å²) in [7, 11) is 0. The summed E-state index contributed by atoms with van der Waals surface area (Å²) in [5, 5.41) is 14.1. The number of nitrogens with one attached hydrogen (secondary N) is 1. The highest BCUT2D eigenvalue weighted by Crippen LogP contribution is 2.20. The van der Waals surface area contributed by atoms with Crippen LogP contribution in [0.3, 0.4) is 0 Å². The zero-order valence-electron chi connectivity index (χ0n) is 8.62. The maximum absolute atomic E-state index is 9.54. The number of hydrogen-bond donors (Lipinski definition) is 2. The van der Waals surface area contributed by atoms with Gasteiger partial charge in [0.05, 0.1) is 25.4 Å². The van der Waals surface area contributed by atoms with Gasteiger partial charge in [-0.05, 0) is 23.8 Å². The van der Waals surface area contributed by atoms with Gasteiger partial charge in [0, 0.05) is 16.6 Å². The minimum absolute atomic E-state index is 0.0324. The van der Waals surface area contributed by atoms with Crippen molar-refractivity contribution in [1.82, 2.24) is 5.32 Å². The third-order valence-electron chi connectivity index (χ3n) is 2.61. The van der Waals surface area contributed by atoms with E-state index < -0.39 is 6.10 Å². The molecular weight excluding hydrogens is 249 g/mol. The Morgan fingerprint density at radius 2 is 2.19 bits per heavy atom. The molecule has 88 valence electrons. The minimum Gasteiger partial charge on any atom is -0.389 e. The van der Waals surface area contributed by atoms with Gasteiger partial charge >= 0.3 is 0 Å². The lowest BCUT2D eigenvalue weighted by Gasteiger charge is -2.15. The lowest BCUT2D eigenvalue weighted by molar-refractivity contribution is 0.122. The summed E-state index contributed by atoms with van der Waals surface area (Å²) >= 11 is 11.9. The molecule has 0 bridgehead atoms. The maximum Gasteiger partial charge on any atom is 0.0948 e. The number of ether oxygens (including phenoxy) is 1. The SMILES string of the molecule is OC1COCC1NCc1cc(Cl)ccc1Cl. The number of hydrogen-bond acceptors (Lipinski definition) is 3. The summed E-state index contributed by atoms with van der Waals surface area (Å²) in [6, 6.07) is 5.30. The highest BCUT2D eigenvalue weighted by Gasteiger charge is 2.25. The van der Waals surface area contributed by atoms with Crippen LogP contribution in [0.25, 0.3) is 0 Å². The average molecular weight is 262 g/mol. The fourth-order valence-electron chi connectivity index (χ4n) is 1.66. The standard InChI is InChI=1S/C11H13Cl2NO2/c12-8-1-2-9(13)7(3-8)4-14-10-5-16-6-11(10)15/h1-3,10-11,14-15H,4-6H2. The van der Waals surface area contributed by atoms with Crippen molar-refractivity contribution in [2.75, 3.05) is 13.2 Å². The molecule has 2 rings (SSSR count). The second-order valence-corrected chi connectivity index (χ2v) is 4.67. The molecule has 5 heteroatoms. The Kier molecular flexibility index (Phi) is 4.05. The van der Waals surface area contributed by atoms with Crippen LogP contribution in [-0.4, -0.2) is 30.5 Å². The highest BCUT2D eigenvalue weighted by atomic mass is 35.5. The number of aliphatic hydroxyl groups is 1. The summed E-state index contributed by atoms with van der Waals surface area (Å²) in [4.78, 5) is 0. The van der Waals surface area contributed by atoms with Crippen molar-refractivity contribution in [3.05, 3.63) is 33.8 Å². The number of benzene rings is 1. The Balaban J connectivity index is 1.96. The topological polar surface area (TPSA) is 41.5 Å². The van der Waals surface area contributed by atoms with Crippen molar-refractivity contribution in [3.63, 3.8) is 0 Å². The predicted molar refractivity (Wildman–Crippen MR) is 63.9 cm³/mol. The third-order valence-corrected chi connectivity index (χ3v) is 3.22. The molecule has 1 fully saturated rings. The van der Waals surface area contributed by atoms with Crippen LogP contribution in [0.2, 0.25) is 10.0 Å². The van der Waals surface area contributed by atoms with Crippen LogP contribution in [0.15, 0.2) is 18.2 Å². The first-order valence-corrected chi connectivity index (χ1v) is 5.85. The van der Waals surface area contributed by atoms with Gasteiger partial charge in [0.1, 0.15) is 0 Å². The molecule has 1 saturated heterocycles. The maximum atomic E-state index is 9.54. The van der Waals surface area contributed by atoms with Crippen molar-refractivity contribution in [3.8, 4) is 0 Å². The van der Waals surface area contributed by atoms with E-state index in [9.17, 15) is 5.11 Å². The van der Waals surface area contributed by atoms with Gasteiger partial charge in [0.15, 0.2) is 0 Å². The van der Waals surface area contributed by atoms with Crippen molar-refractivity contribution < 1.29 is 9.84 Å². The average Bonchev–Trinajstić information content (AvgIpc) is 2.66. The summed E-state index contributed by atoms with van der Waals surface area (Å²) in [6.07, 6.45) is -0.446. The molecule has 2 N–H and O–H groups in total. The molecule has 3 nitrogen and oxygen atoms in total. The molecule has 1 aliphatic rings. The molecule has 1 aromatic carbocycles. The minimum atomic E-state index is -0.446. The lowest BCUT2D eigenvalue weighted by Crippen LogP contribution is -2.38. The van der Waals surface area contributed by atoms with Crippen molar-refractivity contribution >= 4 is 23.2 Å². The molecule has 0 aromatic heterocycles. The molecular formula is C11H13Cl2NO2. The lowest BCUT2D eigenvalue weighted by atomic mass is 10.2. The van der Waals surface area contributed by atoms with E-state index in [1.807, 2.05) is 6.07 Å². The zero-order chi connectivity index (χ0) is 11.5. The van der Waals surface area contributed by atoms with E-state index in [4.69, 9.17) is 27.9 Å². The zero-order valence-corrected chi connectivity index (χ0v) is 10.1. The van der Waals surface area contributed by atoms with Gasteiger partial charge in [-0.15, -0.1) is 0 Å². The summed E-state index contributed by atoms with van der Waals surface area (Å²) < 4.78 is 5.14. The molecule has 1 aliphatic heterocycles. The Labute approximate surface area is 104 Å². The summed E-state index contributed by atoms with van der Waals surface area (Å²) in [6.45, 7) is 1.49. The van der Waals surface area contributed by atoms with Gasteiger partial charge in [-0.1, -0.05) is 23.2 Å². The van der Waals surface area contributed by atoms with Gasteiger partial charge in [0.2, 0.25) is 0 Å². The first-order chi connectivity index (χ1) is 7.66. The van der Waals surface area contributed by atoms with Crippen LogP contribution >= 0.6 is 23.2 Å². The molecule has 0 spiro atoms. The molecule has 2 unspecified atom stereocenters. The van der Waals surface area contributed by atoms with Crippen LogP contribution in [-0.2, 0) is 11.3 Å². The molecule has 2 atom stereocenters. The van der Waals surface area contributed by atoms with E-state index in [1.54, 1.807) is 12.1 Å². The van der Waals surface area contributed by atoms with Gasteiger partial charge in [-0.3, -0.25) is 0 Å². The molecule has 16 heavy (non-hydrogen) atoms. The van der Waals surface area contributed by atoms with E-state index in [2.05, 4.69) is 5.32 Å². The molecule has 1 heterocycles. The second kappa shape index (κ2) is 5.34. The second-order valence-electron chi connectivity index (χ2n) is 3.83. The van der Waals surface area contributed by atoms with E-state index in [-0.39, 0.29) is 6.04 Å². The highest BCUT2D eigenvalue weighted by molar-refractivity contribution is 6.33. The fourth-order valence-corrected chi connectivity index (χ4v) is 2.04. The van der Waals surface area contributed by atoms with Gasteiger partial charge in [0.25, 0.3) is 0 Å². The van der Waals surface area contributed by atoms with E-state index in [0.717, 1.165) is 5.56 Å². The third kappa shape index (κ3) is 2.87. The Bertz CT molecular complexity index is 373. The van der Waals surface area contributed by atoms with E-state index in [0.29, 0.717) is 29.8 Å². The molecule has 0 amide bonds. The van der Waals surface area contributed by atoms with Gasteiger partial charge < -0.3 is 15.2 Å². The first kappa shape index (κ1) is 12.1. The normalized spacial score (nSPS) is 24.9. The number of rotatable bonds is 3. The Morgan fingerprint density at radius 1 is 1.38 bits per heavy atom. The van der Waals surface area contributed by atoms with Crippen molar-refractivity contribution in [2.45, 2.75) is 18.7 Å². The van der Waals surface area contributed by atoms with Crippen LogP contribution in [0, 0.1) is 0 Å². The fraction of sp³-hybridized carbons (Fsp3) is 0.455. The van der Waals surface area contributed by atoms with Crippen LogP contribution in [0.1, 0.15) is 5.56 Å². The van der Waals surface area contributed by atoms with Crippen LogP contribution in [0.4, 0.5) is 0 Å². The summed E-state index contributed by atoms with van der Waals surface area (Å²) in [5.41, 5.74) is 0.924. The quantitative estimate of drug-likeness (QED) is 0.873. The first-order valence-electron chi connectivity index (χ1n) is 5.10. The van der Waals surface area contributed by atoms with Crippen molar-refractivity contribution in [1.29, 1.82) is 0 Å². The molecule has 1 aromatic rings. The largest absolute Gasteiger partial charge is 0.389 e. The van der Waals surface area contributed by atoms with Crippen molar-refractivity contribution in [2.24, 2.45) is 0 Å². The molecule has 0 radical (unpaired) electrons. The van der Waals surface area contributed by atoms with Crippen LogP contribution in [0.5, 0.6) is 0 Å². The monoisotopic (exact) mass is 261 g/mol. The van der Waals surface area contributed by atoms with Gasteiger partial charge in [-0.2, -0.15) is 0 Å². The molecule has 0 saturated carbocycles. The summed E-state index contributed by atoms with van der Waals surface area (Å²) in [5.74, 6) is 0. The number of halogens is 2. The Morgan fingerprint density at radius 3 is 2.88 bits per heavy atom. The predicted octanol–water partition coefficient (Wildman–Crippen LogP) is 1.84. The van der Waals surface area contributed by atoms with Crippen LogP contribution < -0.4 is 5.32 Å². The van der Waals surface area contributed by atoms with E-state index in [1.165, 1.54) is 0 Å². The molecule has 0 aliphatic carbocycles. The number of aliphatic hydroxyl groups excluding tert-OH is 1. The smallest absolute Gasteiger partial charge is 0.0948 e. The van der Waals surface area contributed by atoms with E-state index >= 15 is 0 Å².